The predicted molar refractivity (Wildman–Crippen MR) is 116 cm³/mol. The number of hydrazine groups is 1. The van der Waals surface area contributed by atoms with Crippen LogP contribution in [0.4, 0.5) is 10.8 Å². The number of para-hydroxylation sites is 1. The van der Waals surface area contributed by atoms with E-state index in [2.05, 4.69) is 57.7 Å². The molecule has 30 heavy (non-hydrogen) atoms. The SMILES string of the molecule is Cc1nc(N2N=C(c3ccccc3)[NH2+]N2c2ccccc2)sc1C.N=NC=NN.[Br-]. The number of aromatic nitrogens is 1. The fourth-order valence-corrected chi connectivity index (χ4v) is 3.42. The second-order valence-electron chi connectivity index (χ2n) is 5.98. The zero-order chi connectivity index (χ0) is 20.6. The summed E-state index contributed by atoms with van der Waals surface area (Å²) in [7, 11) is 0. The van der Waals surface area contributed by atoms with Crippen molar-refractivity contribution in [1.82, 2.24) is 4.98 Å². The molecule has 0 saturated carbocycles. The van der Waals surface area contributed by atoms with Gasteiger partial charge in [0.25, 0.3) is 5.84 Å². The minimum Gasteiger partial charge on any atom is -1.00 e. The highest BCUT2D eigenvalue weighted by Crippen LogP contribution is 2.28. The average molecular weight is 488 g/mol. The highest BCUT2D eigenvalue weighted by molar-refractivity contribution is 7.15. The maximum absolute atomic E-state index is 6.00. The van der Waals surface area contributed by atoms with Gasteiger partial charge in [0.1, 0.15) is 5.69 Å². The molecule has 0 saturated heterocycles. The van der Waals surface area contributed by atoms with E-state index in [0.29, 0.717) is 0 Å². The number of nitrogens with two attached hydrogens (primary N) is 2. The summed E-state index contributed by atoms with van der Waals surface area (Å²) in [5.74, 6) is 5.42. The first-order valence-corrected chi connectivity index (χ1v) is 9.61. The summed E-state index contributed by atoms with van der Waals surface area (Å²) in [5.41, 5.74) is 11.2. The van der Waals surface area contributed by atoms with Crippen LogP contribution >= 0.6 is 11.3 Å². The van der Waals surface area contributed by atoms with Gasteiger partial charge in [-0.3, -0.25) is 0 Å². The molecule has 11 heteroatoms. The van der Waals surface area contributed by atoms with E-state index in [1.807, 2.05) is 53.6 Å². The van der Waals surface area contributed by atoms with E-state index in [1.165, 1.54) is 4.88 Å². The van der Waals surface area contributed by atoms with Crippen molar-refractivity contribution < 1.29 is 22.4 Å². The number of quaternary nitrogens is 1. The van der Waals surface area contributed by atoms with Crippen LogP contribution in [0.3, 0.4) is 0 Å². The Balaban J connectivity index is 0.000000482. The summed E-state index contributed by atoms with van der Waals surface area (Å²) in [6.45, 7) is 4.12. The number of hydrazone groups is 2. The number of aryl methyl sites for hydroxylation is 2. The van der Waals surface area contributed by atoms with Gasteiger partial charge in [-0.15, -0.1) is 10.2 Å². The van der Waals surface area contributed by atoms with Crippen LogP contribution in [0.1, 0.15) is 16.1 Å². The molecule has 1 aliphatic rings. The molecule has 1 aromatic heterocycles. The third-order valence-corrected chi connectivity index (χ3v) is 5.09. The van der Waals surface area contributed by atoms with Crippen molar-refractivity contribution in [2.45, 2.75) is 13.8 Å². The summed E-state index contributed by atoms with van der Waals surface area (Å²) >= 11 is 1.65. The van der Waals surface area contributed by atoms with Gasteiger partial charge in [0.15, 0.2) is 6.34 Å². The van der Waals surface area contributed by atoms with Gasteiger partial charge >= 0.3 is 0 Å². The molecule has 3 aromatic rings. The number of hydrogen-bond acceptors (Lipinski definition) is 8. The van der Waals surface area contributed by atoms with Crippen molar-refractivity contribution in [2.75, 3.05) is 10.2 Å². The van der Waals surface area contributed by atoms with Crippen molar-refractivity contribution in [2.24, 2.45) is 21.2 Å². The molecule has 5 N–H and O–H groups in total. The minimum atomic E-state index is 0. The molecule has 0 amide bonds. The zero-order valence-corrected chi connectivity index (χ0v) is 18.9. The lowest BCUT2D eigenvalue weighted by atomic mass is 10.2. The van der Waals surface area contributed by atoms with Crippen molar-refractivity contribution in [1.29, 1.82) is 5.53 Å². The van der Waals surface area contributed by atoms with Gasteiger partial charge in [-0.25, -0.2) is 10.5 Å². The van der Waals surface area contributed by atoms with Gasteiger partial charge in [-0.05, 0) is 38.1 Å². The van der Waals surface area contributed by atoms with Crippen LogP contribution in [0.2, 0.25) is 0 Å². The lowest BCUT2D eigenvalue weighted by Gasteiger charge is -2.21. The molecule has 1 aliphatic heterocycles. The largest absolute Gasteiger partial charge is 1.00 e. The van der Waals surface area contributed by atoms with Crippen molar-refractivity contribution in [3.8, 4) is 0 Å². The van der Waals surface area contributed by atoms with E-state index in [-0.39, 0.29) is 17.0 Å². The molecule has 9 nitrogen and oxygen atoms in total. The second-order valence-corrected chi connectivity index (χ2v) is 7.16. The number of rotatable bonds is 4. The molecule has 0 bridgehead atoms. The van der Waals surface area contributed by atoms with Crippen LogP contribution < -0.4 is 38.5 Å². The summed E-state index contributed by atoms with van der Waals surface area (Å²) in [4.78, 5) is 5.88. The molecule has 156 valence electrons. The maximum Gasteiger partial charge on any atom is 0.277 e. The second kappa shape index (κ2) is 11.1. The quantitative estimate of drug-likeness (QED) is 0.154. The van der Waals surface area contributed by atoms with Gasteiger partial charge in [0.2, 0.25) is 5.13 Å². The van der Waals surface area contributed by atoms with Crippen LogP contribution in [0, 0.1) is 19.4 Å². The van der Waals surface area contributed by atoms with Crippen molar-refractivity contribution in [3.05, 3.63) is 76.8 Å². The summed E-state index contributed by atoms with van der Waals surface area (Å²) in [5, 5.41) is 15.2. The number of amidine groups is 1. The third kappa shape index (κ3) is 5.47. The predicted octanol–water partition coefficient (Wildman–Crippen LogP) is -0.235. The third-order valence-electron chi connectivity index (χ3n) is 4.05. The van der Waals surface area contributed by atoms with E-state index >= 15 is 0 Å². The zero-order valence-electron chi connectivity index (χ0n) is 16.5. The van der Waals surface area contributed by atoms with E-state index in [0.717, 1.165) is 34.3 Å². The first-order valence-electron chi connectivity index (χ1n) is 8.79. The Labute approximate surface area is 189 Å². The van der Waals surface area contributed by atoms with E-state index in [1.54, 1.807) is 11.3 Å². The number of halogens is 1. The monoisotopic (exact) mass is 487 g/mol. The number of thiazole rings is 1. The summed E-state index contributed by atoms with van der Waals surface area (Å²) in [6, 6.07) is 20.4. The average Bonchev–Trinajstić information content (AvgIpc) is 3.34. The van der Waals surface area contributed by atoms with Crippen LogP contribution in [0.5, 0.6) is 0 Å². The fourth-order valence-electron chi connectivity index (χ4n) is 2.56. The standard InChI is InChI=1S/C18H17N5S.CH4N4.BrH/c1-13-14(2)24-18(19-13)23-21-17(15-9-5-3-6-10-15)20-22(23)16-11-7-4-8-12-16;2-4-1-5-3;/h3-12H,1-2H3,(H,20,21);1-2H,3H2;1H. The highest BCUT2D eigenvalue weighted by atomic mass is 79.9. The maximum atomic E-state index is 6.00. The molecule has 0 unspecified atom stereocenters. The van der Waals surface area contributed by atoms with Crippen molar-refractivity contribution >= 4 is 34.3 Å². The molecule has 2 heterocycles. The Kier molecular flexibility index (Phi) is 8.59. The van der Waals surface area contributed by atoms with Crippen LogP contribution in [-0.4, -0.2) is 17.2 Å². The van der Waals surface area contributed by atoms with E-state index in [4.69, 9.17) is 10.6 Å². The minimum absolute atomic E-state index is 0. The smallest absolute Gasteiger partial charge is 0.277 e. The molecule has 0 spiro atoms. The lowest BCUT2D eigenvalue weighted by molar-refractivity contribution is -0.545. The fraction of sp³-hybridized carbons (Fsp3) is 0.105. The van der Waals surface area contributed by atoms with Gasteiger partial charge < -0.3 is 22.8 Å². The van der Waals surface area contributed by atoms with Gasteiger partial charge in [0.05, 0.1) is 11.3 Å². The molecule has 2 aromatic carbocycles. The summed E-state index contributed by atoms with van der Waals surface area (Å²) in [6.07, 6.45) is 0.944. The molecule has 0 atom stereocenters. The van der Waals surface area contributed by atoms with Crippen molar-refractivity contribution in [3.63, 3.8) is 0 Å². The van der Waals surface area contributed by atoms with Crippen LogP contribution in [0.25, 0.3) is 0 Å². The molecular formula is C19H22BrN9S. The molecule has 0 aliphatic carbocycles. The Morgan fingerprint density at radius 2 is 1.70 bits per heavy atom. The number of anilines is 2. The Morgan fingerprint density at radius 1 is 1.07 bits per heavy atom. The van der Waals surface area contributed by atoms with E-state index in [9.17, 15) is 0 Å². The first kappa shape index (κ1) is 23.1. The van der Waals surface area contributed by atoms with Gasteiger partial charge in [-0.1, -0.05) is 58.0 Å². The normalized spacial score (nSPS) is 12.8. The van der Waals surface area contributed by atoms with Crippen LogP contribution in [0.15, 0.2) is 76.0 Å². The number of nitrogens with one attached hydrogen (secondary N) is 1. The lowest BCUT2D eigenvalue weighted by Crippen LogP contribution is -3.00. The highest BCUT2D eigenvalue weighted by Gasteiger charge is 2.33. The molecule has 0 radical (unpaired) electrons. The number of nitrogens with zero attached hydrogens (tertiary/aromatic N) is 6. The summed E-state index contributed by atoms with van der Waals surface area (Å²) < 4.78 is 0. The van der Waals surface area contributed by atoms with Gasteiger partial charge in [0, 0.05) is 4.88 Å². The number of hydrogen-bond donors (Lipinski definition) is 3. The molecular weight excluding hydrogens is 466 g/mol. The Hall–Kier alpha value is -3.15. The topological polar surface area (TPSA) is 123 Å². The number of benzene rings is 2. The first-order chi connectivity index (χ1) is 14.1. The Morgan fingerprint density at radius 3 is 2.20 bits per heavy atom. The van der Waals surface area contributed by atoms with Crippen LogP contribution in [-0.2, 0) is 0 Å². The Bertz CT molecular complexity index is 986. The van der Waals surface area contributed by atoms with Gasteiger partial charge in [-0.2, -0.15) is 10.5 Å². The van der Waals surface area contributed by atoms with E-state index < -0.39 is 0 Å². The molecule has 0 fully saturated rings. The molecule has 4 rings (SSSR count).